The van der Waals surface area contributed by atoms with Crippen molar-refractivity contribution in [2.45, 2.75) is 51.6 Å². The van der Waals surface area contributed by atoms with E-state index in [1.807, 2.05) is 0 Å². The highest BCUT2D eigenvalue weighted by atomic mass is 16.3. The minimum absolute atomic E-state index is 0.581. The molecule has 0 saturated heterocycles. The molecule has 1 aromatic rings. The van der Waals surface area contributed by atoms with E-state index in [0.717, 1.165) is 31.2 Å². The molecular formula is C16H22O. The van der Waals surface area contributed by atoms with E-state index >= 15 is 0 Å². The summed E-state index contributed by atoms with van der Waals surface area (Å²) >= 11 is 0. The third-order valence-electron chi connectivity index (χ3n) is 3.97. The van der Waals surface area contributed by atoms with Gasteiger partial charge in [-0.15, -0.1) is 0 Å². The molecule has 2 rings (SSSR count). The molecule has 1 heteroatoms. The zero-order chi connectivity index (χ0) is 12.3. The van der Waals surface area contributed by atoms with Gasteiger partial charge >= 0.3 is 0 Å². The molecule has 0 amide bonds. The number of benzene rings is 1. The lowest BCUT2D eigenvalue weighted by Gasteiger charge is -2.32. The number of allylic oxidation sites excluding steroid dienone is 2. The van der Waals surface area contributed by atoms with E-state index in [0.29, 0.717) is 0 Å². The fourth-order valence-corrected chi connectivity index (χ4v) is 2.65. The molecule has 0 aliphatic heterocycles. The summed E-state index contributed by atoms with van der Waals surface area (Å²) < 4.78 is 0. The fourth-order valence-electron chi connectivity index (χ4n) is 2.65. The number of rotatable bonds is 2. The van der Waals surface area contributed by atoms with Crippen molar-refractivity contribution < 1.29 is 5.11 Å². The van der Waals surface area contributed by atoms with Crippen LogP contribution in [0.5, 0.6) is 0 Å². The Bertz CT molecular complexity index is 411. The Morgan fingerprint density at radius 2 is 1.94 bits per heavy atom. The standard InChI is InChI=1S/C16H22O/c1-3-13(2)14-8-7-9-15(12-14)16(17)10-5-4-6-11-16/h3,7-9,12,17H,4-6,10-11H2,1-2H3/b13-3+. The van der Waals surface area contributed by atoms with Crippen molar-refractivity contribution in [1.29, 1.82) is 0 Å². The van der Waals surface area contributed by atoms with Crippen LogP contribution in [0.4, 0.5) is 0 Å². The second-order valence-corrected chi connectivity index (χ2v) is 5.14. The zero-order valence-electron chi connectivity index (χ0n) is 10.9. The van der Waals surface area contributed by atoms with Gasteiger partial charge in [0.1, 0.15) is 0 Å². The summed E-state index contributed by atoms with van der Waals surface area (Å²) in [6.07, 6.45) is 7.48. The van der Waals surface area contributed by atoms with Crippen molar-refractivity contribution in [3.63, 3.8) is 0 Å². The molecule has 1 aliphatic carbocycles. The van der Waals surface area contributed by atoms with Crippen LogP contribution in [0.2, 0.25) is 0 Å². The molecule has 1 aliphatic rings. The third-order valence-corrected chi connectivity index (χ3v) is 3.97. The SMILES string of the molecule is C/C=C(\C)c1cccc(C2(O)CCCCC2)c1. The Labute approximate surface area is 104 Å². The van der Waals surface area contributed by atoms with Gasteiger partial charge in [0.05, 0.1) is 5.60 Å². The van der Waals surface area contributed by atoms with Gasteiger partial charge in [-0.25, -0.2) is 0 Å². The molecule has 0 atom stereocenters. The Hall–Kier alpha value is -1.08. The lowest BCUT2D eigenvalue weighted by Crippen LogP contribution is -2.28. The Kier molecular flexibility index (Phi) is 3.68. The summed E-state index contributed by atoms with van der Waals surface area (Å²) in [5.41, 5.74) is 3.01. The van der Waals surface area contributed by atoms with Crippen LogP contribution in [0.3, 0.4) is 0 Å². The average molecular weight is 230 g/mol. The highest BCUT2D eigenvalue weighted by Gasteiger charge is 2.31. The molecule has 1 aromatic carbocycles. The van der Waals surface area contributed by atoms with Crippen LogP contribution in [0.1, 0.15) is 57.1 Å². The van der Waals surface area contributed by atoms with E-state index in [-0.39, 0.29) is 0 Å². The molecule has 0 aromatic heterocycles. The predicted molar refractivity (Wildman–Crippen MR) is 72.7 cm³/mol. The van der Waals surface area contributed by atoms with E-state index in [4.69, 9.17) is 0 Å². The van der Waals surface area contributed by atoms with Crippen molar-refractivity contribution in [3.8, 4) is 0 Å². The molecule has 17 heavy (non-hydrogen) atoms. The van der Waals surface area contributed by atoms with Gasteiger partial charge in [-0.3, -0.25) is 0 Å². The number of hydrogen-bond donors (Lipinski definition) is 1. The highest BCUT2D eigenvalue weighted by molar-refractivity contribution is 5.64. The molecule has 0 spiro atoms. The summed E-state index contributed by atoms with van der Waals surface area (Å²) in [5.74, 6) is 0. The van der Waals surface area contributed by atoms with Gasteiger partial charge in [-0.05, 0) is 49.5 Å². The lowest BCUT2D eigenvalue weighted by atomic mass is 9.79. The van der Waals surface area contributed by atoms with Gasteiger partial charge in [-0.1, -0.05) is 43.5 Å². The smallest absolute Gasteiger partial charge is 0.0896 e. The topological polar surface area (TPSA) is 20.2 Å². The first-order valence-corrected chi connectivity index (χ1v) is 6.62. The van der Waals surface area contributed by atoms with Gasteiger partial charge in [-0.2, -0.15) is 0 Å². The first kappa shape index (κ1) is 12.4. The average Bonchev–Trinajstić information content (AvgIpc) is 2.39. The molecule has 0 unspecified atom stereocenters. The number of hydrogen-bond acceptors (Lipinski definition) is 1. The van der Waals surface area contributed by atoms with Gasteiger partial charge in [0.15, 0.2) is 0 Å². The lowest BCUT2D eigenvalue weighted by molar-refractivity contribution is -0.000642. The largest absolute Gasteiger partial charge is 0.385 e. The molecule has 0 radical (unpaired) electrons. The van der Waals surface area contributed by atoms with Crippen LogP contribution in [-0.2, 0) is 5.60 Å². The molecule has 0 bridgehead atoms. The summed E-state index contributed by atoms with van der Waals surface area (Å²) in [6.45, 7) is 4.17. The van der Waals surface area contributed by atoms with Crippen molar-refractivity contribution in [1.82, 2.24) is 0 Å². The molecule has 1 nitrogen and oxygen atoms in total. The van der Waals surface area contributed by atoms with E-state index in [9.17, 15) is 5.11 Å². The van der Waals surface area contributed by atoms with E-state index < -0.39 is 5.60 Å². The van der Waals surface area contributed by atoms with Crippen molar-refractivity contribution >= 4 is 5.57 Å². The summed E-state index contributed by atoms with van der Waals surface area (Å²) in [7, 11) is 0. The third kappa shape index (κ3) is 2.61. The van der Waals surface area contributed by atoms with Crippen LogP contribution in [0.25, 0.3) is 5.57 Å². The Balaban J connectivity index is 2.32. The van der Waals surface area contributed by atoms with Crippen LogP contribution in [0.15, 0.2) is 30.3 Å². The van der Waals surface area contributed by atoms with Gasteiger partial charge in [0, 0.05) is 0 Å². The summed E-state index contributed by atoms with van der Waals surface area (Å²) in [5, 5.41) is 10.7. The molecule has 92 valence electrons. The normalized spacial score (nSPS) is 20.3. The van der Waals surface area contributed by atoms with Gasteiger partial charge < -0.3 is 5.11 Å². The maximum Gasteiger partial charge on any atom is 0.0896 e. The second-order valence-electron chi connectivity index (χ2n) is 5.14. The fraction of sp³-hybridized carbons (Fsp3) is 0.500. The predicted octanol–water partition coefficient (Wildman–Crippen LogP) is 4.26. The maximum atomic E-state index is 10.7. The molecule has 1 fully saturated rings. The molecule has 0 heterocycles. The number of aliphatic hydroxyl groups is 1. The molecular weight excluding hydrogens is 208 g/mol. The second kappa shape index (κ2) is 5.05. The van der Waals surface area contributed by atoms with Crippen molar-refractivity contribution in [2.24, 2.45) is 0 Å². The maximum absolute atomic E-state index is 10.7. The first-order chi connectivity index (χ1) is 8.15. The van der Waals surface area contributed by atoms with Crippen LogP contribution in [0, 0.1) is 0 Å². The summed E-state index contributed by atoms with van der Waals surface area (Å²) in [4.78, 5) is 0. The van der Waals surface area contributed by atoms with Crippen LogP contribution >= 0.6 is 0 Å². The first-order valence-electron chi connectivity index (χ1n) is 6.62. The van der Waals surface area contributed by atoms with E-state index in [1.54, 1.807) is 0 Å². The minimum Gasteiger partial charge on any atom is -0.385 e. The van der Waals surface area contributed by atoms with Crippen molar-refractivity contribution in [2.75, 3.05) is 0 Å². The summed E-state index contributed by atoms with van der Waals surface area (Å²) in [6, 6.07) is 8.40. The highest BCUT2D eigenvalue weighted by Crippen LogP contribution is 2.37. The van der Waals surface area contributed by atoms with Gasteiger partial charge in [0.25, 0.3) is 0 Å². The molecule has 1 N–H and O–H groups in total. The Morgan fingerprint density at radius 3 is 2.59 bits per heavy atom. The Morgan fingerprint density at radius 1 is 1.24 bits per heavy atom. The minimum atomic E-state index is -0.581. The van der Waals surface area contributed by atoms with Crippen LogP contribution < -0.4 is 0 Å². The van der Waals surface area contributed by atoms with Crippen LogP contribution in [-0.4, -0.2) is 5.11 Å². The van der Waals surface area contributed by atoms with Gasteiger partial charge in [0.2, 0.25) is 0 Å². The zero-order valence-corrected chi connectivity index (χ0v) is 10.9. The van der Waals surface area contributed by atoms with E-state index in [1.165, 1.54) is 17.6 Å². The quantitative estimate of drug-likeness (QED) is 0.804. The monoisotopic (exact) mass is 230 g/mol. The molecule has 1 saturated carbocycles. The van der Waals surface area contributed by atoms with E-state index in [2.05, 4.69) is 44.2 Å². The van der Waals surface area contributed by atoms with Crippen molar-refractivity contribution in [3.05, 3.63) is 41.5 Å².